The number of hydrogen-bond acceptors (Lipinski definition) is 4. The molecule has 0 spiro atoms. The average Bonchev–Trinajstić information content (AvgIpc) is 2.52. The molecule has 1 aromatic heterocycles. The largest absolute Gasteiger partial charge is 0.497 e. The van der Waals surface area contributed by atoms with Gasteiger partial charge in [0, 0.05) is 24.2 Å². The topological polar surface area (TPSA) is 60.2 Å². The second-order valence-electron chi connectivity index (χ2n) is 5.92. The molecule has 2 unspecified atom stereocenters. The Bertz CT molecular complexity index is 614. The minimum Gasteiger partial charge on any atom is -0.497 e. The second-order valence-corrected chi connectivity index (χ2v) is 5.92. The summed E-state index contributed by atoms with van der Waals surface area (Å²) in [5.74, 6) is 2.44. The number of ether oxygens (including phenoxy) is 1. The van der Waals surface area contributed by atoms with Crippen LogP contribution in [-0.4, -0.2) is 24.7 Å². The van der Waals surface area contributed by atoms with Gasteiger partial charge in [-0.05, 0) is 48.8 Å². The Morgan fingerprint density at radius 2 is 2.24 bits per heavy atom. The van der Waals surface area contributed by atoms with E-state index in [-0.39, 0.29) is 0 Å². The number of methoxy groups -OCH3 is 1. The summed E-state index contributed by atoms with van der Waals surface area (Å²) in [6.45, 7) is 0.941. The maximum atomic E-state index is 6.06. The first-order valence-corrected chi connectivity index (χ1v) is 7.68. The molecular formula is C17H23N3O. The van der Waals surface area contributed by atoms with Gasteiger partial charge >= 0.3 is 0 Å². The van der Waals surface area contributed by atoms with Crippen LogP contribution in [-0.2, 0) is 0 Å². The highest BCUT2D eigenvalue weighted by atomic mass is 16.5. The molecule has 1 heterocycles. The molecular weight excluding hydrogens is 262 g/mol. The number of nitrogens with two attached hydrogens (primary N) is 1. The van der Waals surface area contributed by atoms with Crippen molar-refractivity contribution in [1.82, 2.24) is 4.98 Å². The summed E-state index contributed by atoms with van der Waals surface area (Å²) in [4.78, 5) is 4.49. The molecule has 1 saturated carbocycles. The third-order valence-corrected chi connectivity index (χ3v) is 4.35. The fraction of sp³-hybridized carbons (Fsp3) is 0.471. The Balaban J connectivity index is 1.76. The summed E-state index contributed by atoms with van der Waals surface area (Å²) in [5.41, 5.74) is 6.06. The van der Waals surface area contributed by atoms with Gasteiger partial charge < -0.3 is 15.8 Å². The van der Waals surface area contributed by atoms with Crippen LogP contribution in [0.5, 0.6) is 5.75 Å². The van der Waals surface area contributed by atoms with E-state index in [9.17, 15) is 0 Å². The van der Waals surface area contributed by atoms with Crippen LogP contribution >= 0.6 is 0 Å². The maximum absolute atomic E-state index is 6.06. The molecule has 4 heteroatoms. The standard InChI is InChI=1S/C17H23N3O/c1-21-15-6-5-13-7-8-19-17(16(13)10-15)20-11-12-3-2-4-14(18)9-12/h5-8,10,12,14H,2-4,9,11,18H2,1H3,(H,19,20). The zero-order chi connectivity index (χ0) is 14.7. The van der Waals surface area contributed by atoms with E-state index in [2.05, 4.69) is 16.4 Å². The molecule has 4 nitrogen and oxygen atoms in total. The Hall–Kier alpha value is -1.81. The summed E-state index contributed by atoms with van der Waals surface area (Å²) in [5, 5.41) is 5.79. The number of aromatic nitrogens is 1. The van der Waals surface area contributed by atoms with E-state index >= 15 is 0 Å². The fourth-order valence-electron chi connectivity index (χ4n) is 3.17. The molecule has 112 valence electrons. The van der Waals surface area contributed by atoms with Crippen molar-refractivity contribution in [3.8, 4) is 5.75 Å². The predicted octanol–water partition coefficient (Wildman–Crippen LogP) is 3.17. The van der Waals surface area contributed by atoms with Crippen molar-refractivity contribution < 1.29 is 4.74 Å². The number of benzene rings is 1. The van der Waals surface area contributed by atoms with Crippen molar-refractivity contribution in [2.75, 3.05) is 19.0 Å². The zero-order valence-electron chi connectivity index (χ0n) is 12.5. The third kappa shape index (κ3) is 3.27. The summed E-state index contributed by atoms with van der Waals surface area (Å²) in [6.07, 6.45) is 6.63. The first kappa shape index (κ1) is 14.1. The van der Waals surface area contributed by atoms with Crippen LogP contribution in [0.25, 0.3) is 10.8 Å². The normalized spacial score (nSPS) is 22.2. The fourth-order valence-corrected chi connectivity index (χ4v) is 3.17. The minimum absolute atomic E-state index is 0.367. The third-order valence-electron chi connectivity index (χ3n) is 4.35. The lowest BCUT2D eigenvalue weighted by Crippen LogP contribution is -2.31. The van der Waals surface area contributed by atoms with E-state index in [0.717, 1.165) is 29.9 Å². The van der Waals surface area contributed by atoms with Crippen molar-refractivity contribution >= 4 is 16.6 Å². The SMILES string of the molecule is COc1ccc2ccnc(NCC3CCCC(N)C3)c2c1. The van der Waals surface area contributed by atoms with Gasteiger partial charge in [0.1, 0.15) is 11.6 Å². The average molecular weight is 285 g/mol. The lowest BCUT2D eigenvalue weighted by atomic mass is 9.86. The van der Waals surface area contributed by atoms with Crippen LogP contribution in [0.1, 0.15) is 25.7 Å². The number of fused-ring (bicyclic) bond motifs is 1. The van der Waals surface area contributed by atoms with Crippen LogP contribution in [0.3, 0.4) is 0 Å². The minimum atomic E-state index is 0.367. The van der Waals surface area contributed by atoms with Gasteiger partial charge in [0.15, 0.2) is 0 Å². The van der Waals surface area contributed by atoms with Crippen LogP contribution in [0.4, 0.5) is 5.82 Å². The molecule has 0 radical (unpaired) electrons. The Morgan fingerprint density at radius 3 is 3.05 bits per heavy atom. The second kappa shape index (κ2) is 6.31. The first-order valence-electron chi connectivity index (χ1n) is 7.68. The van der Waals surface area contributed by atoms with Gasteiger partial charge in [0.05, 0.1) is 7.11 Å². The zero-order valence-corrected chi connectivity index (χ0v) is 12.5. The summed E-state index contributed by atoms with van der Waals surface area (Å²) in [6, 6.07) is 8.48. The molecule has 0 amide bonds. The van der Waals surface area contributed by atoms with E-state index in [0.29, 0.717) is 12.0 Å². The monoisotopic (exact) mass is 285 g/mol. The highest BCUT2D eigenvalue weighted by Gasteiger charge is 2.19. The summed E-state index contributed by atoms with van der Waals surface area (Å²) in [7, 11) is 1.69. The van der Waals surface area contributed by atoms with Crippen molar-refractivity contribution in [2.45, 2.75) is 31.7 Å². The van der Waals surface area contributed by atoms with Gasteiger partial charge in [-0.15, -0.1) is 0 Å². The molecule has 1 aliphatic rings. The molecule has 1 aromatic carbocycles. The molecule has 3 rings (SSSR count). The van der Waals surface area contributed by atoms with Crippen molar-refractivity contribution in [3.05, 3.63) is 30.5 Å². The van der Waals surface area contributed by atoms with Gasteiger partial charge in [0.25, 0.3) is 0 Å². The Kier molecular flexibility index (Phi) is 4.25. The molecule has 2 atom stereocenters. The van der Waals surface area contributed by atoms with Crippen molar-refractivity contribution in [3.63, 3.8) is 0 Å². The predicted molar refractivity (Wildman–Crippen MR) is 86.7 cm³/mol. The Labute approximate surface area is 125 Å². The smallest absolute Gasteiger partial charge is 0.133 e. The highest BCUT2D eigenvalue weighted by Crippen LogP contribution is 2.27. The molecule has 21 heavy (non-hydrogen) atoms. The number of rotatable bonds is 4. The molecule has 1 aliphatic carbocycles. The van der Waals surface area contributed by atoms with Gasteiger partial charge in [-0.3, -0.25) is 0 Å². The van der Waals surface area contributed by atoms with Crippen LogP contribution in [0, 0.1) is 5.92 Å². The summed E-state index contributed by atoms with van der Waals surface area (Å²) < 4.78 is 5.31. The number of anilines is 1. The van der Waals surface area contributed by atoms with Crippen LogP contribution < -0.4 is 15.8 Å². The number of pyridine rings is 1. The van der Waals surface area contributed by atoms with Gasteiger partial charge in [-0.1, -0.05) is 12.5 Å². The van der Waals surface area contributed by atoms with E-state index in [4.69, 9.17) is 10.5 Å². The molecule has 0 bridgehead atoms. The first-order chi connectivity index (χ1) is 10.3. The molecule has 0 aliphatic heterocycles. The van der Waals surface area contributed by atoms with Crippen LogP contribution in [0.15, 0.2) is 30.5 Å². The van der Waals surface area contributed by atoms with E-state index in [1.165, 1.54) is 24.6 Å². The van der Waals surface area contributed by atoms with E-state index < -0.39 is 0 Å². The Morgan fingerprint density at radius 1 is 1.33 bits per heavy atom. The van der Waals surface area contributed by atoms with Gasteiger partial charge in [0.2, 0.25) is 0 Å². The lowest BCUT2D eigenvalue weighted by molar-refractivity contribution is 0.335. The number of nitrogens with zero attached hydrogens (tertiary/aromatic N) is 1. The lowest BCUT2D eigenvalue weighted by Gasteiger charge is -2.27. The summed E-state index contributed by atoms with van der Waals surface area (Å²) >= 11 is 0. The molecule has 3 N–H and O–H groups in total. The van der Waals surface area contributed by atoms with Crippen molar-refractivity contribution in [2.24, 2.45) is 11.7 Å². The quantitative estimate of drug-likeness (QED) is 0.906. The van der Waals surface area contributed by atoms with Gasteiger partial charge in [-0.2, -0.15) is 0 Å². The number of hydrogen-bond donors (Lipinski definition) is 2. The van der Waals surface area contributed by atoms with E-state index in [1.807, 2.05) is 24.4 Å². The maximum Gasteiger partial charge on any atom is 0.133 e. The van der Waals surface area contributed by atoms with Crippen LogP contribution in [0.2, 0.25) is 0 Å². The number of nitrogens with one attached hydrogen (secondary N) is 1. The molecule has 1 fully saturated rings. The molecule has 2 aromatic rings. The van der Waals surface area contributed by atoms with Crippen molar-refractivity contribution in [1.29, 1.82) is 0 Å². The molecule has 0 saturated heterocycles. The highest BCUT2D eigenvalue weighted by molar-refractivity contribution is 5.92. The van der Waals surface area contributed by atoms with Gasteiger partial charge in [-0.25, -0.2) is 4.98 Å². The van der Waals surface area contributed by atoms with E-state index in [1.54, 1.807) is 7.11 Å².